The molecule has 0 spiro atoms. The van der Waals surface area contributed by atoms with Crippen molar-refractivity contribution in [1.29, 1.82) is 0 Å². The number of nitrogens with zero attached hydrogens (tertiary/aromatic N) is 2. The third-order valence-corrected chi connectivity index (χ3v) is 6.00. The Hall–Kier alpha value is -4.56. The summed E-state index contributed by atoms with van der Waals surface area (Å²) >= 11 is 6.29. The van der Waals surface area contributed by atoms with E-state index in [1.807, 2.05) is 6.07 Å². The maximum absolute atomic E-state index is 15.0. The predicted molar refractivity (Wildman–Crippen MR) is 134 cm³/mol. The Balaban J connectivity index is 1.61. The van der Waals surface area contributed by atoms with Crippen molar-refractivity contribution in [1.82, 2.24) is 4.98 Å². The van der Waals surface area contributed by atoms with Crippen molar-refractivity contribution < 1.29 is 24.2 Å². The van der Waals surface area contributed by atoms with E-state index in [0.717, 1.165) is 5.56 Å². The maximum atomic E-state index is 15.0. The lowest BCUT2D eigenvalue weighted by Crippen LogP contribution is -2.14. The van der Waals surface area contributed by atoms with Gasteiger partial charge in [0.05, 0.1) is 34.6 Å². The Kier molecular flexibility index (Phi) is 5.95. The van der Waals surface area contributed by atoms with Gasteiger partial charge in [-0.3, -0.25) is 4.99 Å². The second kappa shape index (κ2) is 9.24. The van der Waals surface area contributed by atoms with Crippen molar-refractivity contribution in [3.05, 3.63) is 111 Å². The lowest BCUT2D eigenvalue weighted by atomic mass is 9.92. The summed E-state index contributed by atoms with van der Waals surface area (Å²) in [6, 6.07) is 18.8. The third kappa shape index (κ3) is 4.30. The summed E-state index contributed by atoms with van der Waals surface area (Å²) in [6.07, 6.45) is 0. The number of aromatic nitrogens is 1. The number of carboxylic acid groups (broad SMARTS) is 2. The van der Waals surface area contributed by atoms with Crippen LogP contribution in [0, 0.1) is 5.82 Å². The van der Waals surface area contributed by atoms with E-state index >= 15 is 0 Å². The number of benzene rings is 3. The van der Waals surface area contributed by atoms with Gasteiger partial charge in [0.1, 0.15) is 11.6 Å². The molecule has 5 rings (SSSR count). The van der Waals surface area contributed by atoms with Gasteiger partial charge in [-0.1, -0.05) is 29.8 Å². The Bertz CT molecular complexity index is 1570. The van der Waals surface area contributed by atoms with Gasteiger partial charge in [0, 0.05) is 27.4 Å². The molecule has 2 heterocycles. The van der Waals surface area contributed by atoms with Gasteiger partial charge in [0.25, 0.3) is 0 Å². The van der Waals surface area contributed by atoms with Crippen LogP contribution in [0.4, 0.5) is 15.9 Å². The Morgan fingerprint density at radius 1 is 0.917 bits per heavy atom. The second-order valence-electron chi connectivity index (χ2n) is 8.03. The lowest BCUT2D eigenvalue weighted by Gasteiger charge is -2.14. The van der Waals surface area contributed by atoms with Gasteiger partial charge in [-0.05, 0) is 54.6 Å². The molecule has 0 bridgehead atoms. The Labute approximate surface area is 209 Å². The third-order valence-electron chi connectivity index (χ3n) is 5.76. The molecule has 36 heavy (non-hydrogen) atoms. The van der Waals surface area contributed by atoms with E-state index in [1.165, 1.54) is 30.3 Å². The molecule has 178 valence electrons. The number of halogens is 2. The molecule has 0 aliphatic carbocycles. The normalized spacial score (nSPS) is 12.1. The molecular weight excluding hydrogens is 485 g/mol. The summed E-state index contributed by atoms with van der Waals surface area (Å²) in [7, 11) is 0. The molecule has 0 radical (unpaired) electrons. The number of carboxylic acids is 2. The van der Waals surface area contributed by atoms with E-state index in [0.29, 0.717) is 33.3 Å². The van der Waals surface area contributed by atoms with Crippen molar-refractivity contribution >= 4 is 40.8 Å². The zero-order valence-corrected chi connectivity index (χ0v) is 19.3. The Morgan fingerprint density at radius 3 is 2.42 bits per heavy atom. The number of aliphatic imine (C=N–C) groups is 1. The van der Waals surface area contributed by atoms with Gasteiger partial charge < -0.3 is 15.5 Å². The van der Waals surface area contributed by atoms with E-state index in [2.05, 4.69) is 10.3 Å². The fourth-order valence-corrected chi connectivity index (χ4v) is 4.26. The molecule has 0 atom stereocenters. The van der Waals surface area contributed by atoms with Crippen molar-refractivity contribution in [2.75, 3.05) is 5.32 Å². The summed E-state index contributed by atoms with van der Waals surface area (Å²) in [6.45, 7) is 0.144. The van der Waals surface area contributed by atoms with Crippen LogP contribution >= 0.6 is 11.6 Å². The van der Waals surface area contributed by atoms with Gasteiger partial charge in [0.15, 0.2) is 0 Å². The lowest BCUT2D eigenvalue weighted by molar-refractivity contribution is 0.0685. The molecule has 3 aromatic carbocycles. The molecule has 0 unspecified atom stereocenters. The van der Waals surface area contributed by atoms with Crippen LogP contribution in [0.2, 0.25) is 5.02 Å². The average Bonchev–Trinajstić information content (AvgIpc) is 3.00. The number of pyridine rings is 1. The Morgan fingerprint density at radius 2 is 1.69 bits per heavy atom. The molecule has 3 N–H and O–H groups in total. The predicted octanol–water partition coefficient (Wildman–Crippen LogP) is 6.03. The highest BCUT2D eigenvalue weighted by atomic mass is 35.5. The molecule has 1 aromatic heterocycles. The average molecular weight is 502 g/mol. The van der Waals surface area contributed by atoms with Crippen molar-refractivity contribution in [3.8, 4) is 11.3 Å². The number of fused-ring (bicyclic) bond motifs is 3. The molecule has 1 aliphatic rings. The van der Waals surface area contributed by atoms with Crippen molar-refractivity contribution in [2.24, 2.45) is 4.99 Å². The molecular formula is C27H17ClFN3O4. The highest BCUT2D eigenvalue weighted by Crippen LogP contribution is 2.35. The standard InChI is InChI=1S/C27H17ClFN3O4/c28-16-7-10-18-20(12-16)25(23-19(27(35)36)2-1-3-21(23)29)30-13-15-6-11-22(32-24(15)18)31-17-8-4-14(5-9-17)26(33)34/h1-12H,13H2,(H,31,32)(H,33,34)(H,35,36). The summed E-state index contributed by atoms with van der Waals surface area (Å²) in [5, 5.41) is 22.3. The fourth-order valence-electron chi connectivity index (χ4n) is 4.09. The first-order valence-electron chi connectivity index (χ1n) is 10.8. The first-order chi connectivity index (χ1) is 17.3. The number of hydrogen-bond acceptors (Lipinski definition) is 5. The molecule has 4 aromatic rings. The van der Waals surface area contributed by atoms with Crippen LogP contribution in [-0.4, -0.2) is 32.8 Å². The van der Waals surface area contributed by atoms with Crippen LogP contribution in [-0.2, 0) is 6.54 Å². The highest BCUT2D eigenvalue weighted by Gasteiger charge is 2.26. The number of hydrogen-bond donors (Lipinski definition) is 3. The van der Waals surface area contributed by atoms with E-state index in [4.69, 9.17) is 21.7 Å². The van der Waals surface area contributed by atoms with Gasteiger partial charge in [0.2, 0.25) is 0 Å². The smallest absolute Gasteiger partial charge is 0.336 e. The van der Waals surface area contributed by atoms with E-state index < -0.39 is 17.8 Å². The van der Waals surface area contributed by atoms with E-state index in [9.17, 15) is 19.1 Å². The van der Waals surface area contributed by atoms with Gasteiger partial charge in [-0.2, -0.15) is 0 Å². The van der Waals surface area contributed by atoms with Crippen LogP contribution in [0.5, 0.6) is 0 Å². The van der Waals surface area contributed by atoms with Gasteiger partial charge in [-0.15, -0.1) is 0 Å². The SMILES string of the molecule is O=C(O)c1ccc(Nc2ccc3c(n2)-c2ccc(Cl)cc2C(c2c(F)cccc2C(=O)O)=NC3)cc1. The minimum atomic E-state index is -1.27. The van der Waals surface area contributed by atoms with E-state index in [-0.39, 0.29) is 28.9 Å². The summed E-state index contributed by atoms with van der Waals surface area (Å²) in [5.41, 5.74) is 3.10. The second-order valence-corrected chi connectivity index (χ2v) is 8.47. The van der Waals surface area contributed by atoms with Crippen LogP contribution < -0.4 is 5.32 Å². The number of nitrogens with one attached hydrogen (secondary N) is 1. The summed E-state index contributed by atoms with van der Waals surface area (Å²) in [5.74, 6) is -2.49. The molecule has 0 saturated heterocycles. The minimum Gasteiger partial charge on any atom is -0.478 e. The number of aromatic carboxylic acids is 2. The summed E-state index contributed by atoms with van der Waals surface area (Å²) in [4.78, 5) is 32.3. The minimum absolute atomic E-state index is 0.113. The van der Waals surface area contributed by atoms with Gasteiger partial charge in [-0.25, -0.2) is 19.0 Å². The molecule has 0 saturated carbocycles. The van der Waals surface area contributed by atoms with Crippen LogP contribution in [0.1, 0.15) is 37.4 Å². The molecule has 1 aliphatic heterocycles. The maximum Gasteiger partial charge on any atom is 0.336 e. The van der Waals surface area contributed by atoms with Crippen LogP contribution in [0.3, 0.4) is 0 Å². The molecule has 0 amide bonds. The van der Waals surface area contributed by atoms with Gasteiger partial charge >= 0.3 is 11.9 Å². The zero-order chi connectivity index (χ0) is 25.4. The first-order valence-corrected chi connectivity index (χ1v) is 11.2. The number of anilines is 2. The van der Waals surface area contributed by atoms with Crippen molar-refractivity contribution in [2.45, 2.75) is 6.54 Å². The van der Waals surface area contributed by atoms with Crippen LogP contribution in [0.15, 0.2) is 77.8 Å². The number of rotatable bonds is 5. The summed E-state index contributed by atoms with van der Waals surface area (Å²) < 4.78 is 15.0. The molecule has 7 nitrogen and oxygen atoms in total. The number of carbonyl (C=O) groups is 2. The van der Waals surface area contributed by atoms with E-state index in [1.54, 1.807) is 36.4 Å². The topological polar surface area (TPSA) is 112 Å². The monoisotopic (exact) mass is 501 g/mol. The quantitative estimate of drug-likeness (QED) is 0.308. The largest absolute Gasteiger partial charge is 0.478 e. The zero-order valence-electron chi connectivity index (χ0n) is 18.5. The highest BCUT2D eigenvalue weighted by molar-refractivity contribution is 6.32. The molecule has 0 fully saturated rings. The fraction of sp³-hybridized carbons (Fsp3) is 0.0370. The molecule has 9 heteroatoms. The first kappa shape index (κ1) is 23.2. The van der Waals surface area contributed by atoms with Crippen LogP contribution in [0.25, 0.3) is 11.3 Å². The van der Waals surface area contributed by atoms with Crippen molar-refractivity contribution in [3.63, 3.8) is 0 Å².